The van der Waals surface area contributed by atoms with E-state index in [9.17, 15) is 8.78 Å². The largest absolute Gasteiger partial charge is 0.439 e. The highest BCUT2D eigenvalue weighted by molar-refractivity contribution is 6.17. The van der Waals surface area contributed by atoms with Crippen molar-refractivity contribution in [3.63, 3.8) is 0 Å². The van der Waals surface area contributed by atoms with Gasteiger partial charge in [-0.05, 0) is 24.6 Å². The first-order valence-electron chi connectivity index (χ1n) is 5.24. The number of halogens is 3. The summed E-state index contributed by atoms with van der Waals surface area (Å²) in [6, 6.07) is 5.69. The van der Waals surface area contributed by atoms with E-state index in [2.05, 4.69) is 4.98 Å². The molecular weight excluding hydrogens is 260 g/mol. The molecule has 94 valence electrons. The smallest absolute Gasteiger partial charge is 0.223 e. The number of hydrogen-bond acceptors (Lipinski definition) is 2. The van der Waals surface area contributed by atoms with Gasteiger partial charge in [0.1, 0.15) is 17.4 Å². The Balaban J connectivity index is 2.30. The fraction of sp³-hybridized carbons (Fsp3) is 0.154. The van der Waals surface area contributed by atoms with Crippen LogP contribution in [0.25, 0.3) is 0 Å². The molecule has 1 aromatic carbocycles. The lowest BCUT2D eigenvalue weighted by molar-refractivity contribution is 0.449. The second-order valence-electron chi connectivity index (χ2n) is 3.76. The second kappa shape index (κ2) is 5.31. The zero-order chi connectivity index (χ0) is 13.1. The van der Waals surface area contributed by atoms with Gasteiger partial charge in [-0.3, -0.25) is 0 Å². The molecule has 0 amide bonds. The summed E-state index contributed by atoms with van der Waals surface area (Å²) in [6.07, 6.45) is 1.02. The Bertz CT molecular complexity index is 575. The van der Waals surface area contributed by atoms with Crippen molar-refractivity contribution in [1.29, 1.82) is 0 Å². The lowest BCUT2D eigenvalue weighted by atomic mass is 10.2. The lowest BCUT2D eigenvalue weighted by Gasteiger charge is -2.08. The van der Waals surface area contributed by atoms with Crippen molar-refractivity contribution in [1.82, 2.24) is 4.98 Å². The third kappa shape index (κ3) is 2.76. The Morgan fingerprint density at radius 3 is 2.72 bits per heavy atom. The summed E-state index contributed by atoms with van der Waals surface area (Å²) in [5.41, 5.74) is 0.935. The minimum atomic E-state index is -0.493. The van der Waals surface area contributed by atoms with E-state index in [0.717, 1.165) is 6.20 Å². The van der Waals surface area contributed by atoms with Crippen LogP contribution in [0.5, 0.6) is 11.6 Å². The molecule has 2 aromatic rings. The number of rotatable bonds is 3. The molecule has 2 rings (SSSR count). The molecule has 0 bridgehead atoms. The average molecular weight is 270 g/mol. The van der Waals surface area contributed by atoms with Crippen LogP contribution in [0, 0.1) is 18.6 Å². The number of nitrogens with zero attached hydrogens (tertiary/aromatic N) is 1. The summed E-state index contributed by atoms with van der Waals surface area (Å²) in [5.74, 6) is -0.331. The highest BCUT2D eigenvalue weighted by Gasteiger charge is 2.08. The zero-order valence-corrected chi connectivity index (χ0v) is 10.3. The number of alkyl halides is 1. The number of benzene rings is 1. The van der Waals surface area contributed by atoms with Crippen LogP contribution in [-0.4, -0.2) is 4.98 Å². The standard InChI is InChI=1S/C13H10ClF2NO/c1-8-2-3-11(5-12(8)16)18-13-9(6-14)4-10(15)7-17-13/h2-5,7H,6H2,1H3. The molecule has 0 aliphatic heterocycles. The van der Waals surface area contributed by atoms with Crippen molar-refractivity contribution in [2.24, 2.45) is 0 Å². The number of hydrogen-bond donors (Lipinski definition) is 0. The van der Waals surface area contributed by atoms with Crippen LogP contribution < -0.4 is 4.74 Å². The maximum Gasteiger partial charge on any atom is 0.223 e. The van der Waals surface area contributed by atoms with Gasteiger partial charge in [-0.15, -0.1) is 11.6 Å². The molecule has 5 heteroatoms. The van der Waals surface area contributed by atoms with Gasteiger partial charge in [-0.1, -0.05) is 6.07 Å². The van der Waals surface area contributed by atoms with Crippen molar-refractivity contribution < 1.29 is 13.5 Å². The molecule has 0 aliphatic rings. The molecule has 0 fully saturated rings. The van der Waals surface area contributed by atoms with E-state index in [1.807, 2.05) is 0 Å². The first-order chi connectivity index (χ1) is 8.60. The van der Waals surface area contributed by atoms with Gasteiger partial charge in [0, 0.05) is 11.6 Å². The van der Waals surface area contributed by atoms with Gasteiger partial charge in [-0.2, -0.15) is 0 Å². The predicted octanol–water partition coefficient (Wildman–Crippen LogP) is 4.20. The highest BCUT2D eigenvalue weighted by atomic mass is 35.5. The maximum absolute atomic E-state index is 13.3. The van der Waals surface area contributed by atoms with E-state index in [0.29, 0.717) is 16.9 Å². The van der Waals surface area contributed by atoms with Crippen LogP contribution >= 0.6 is 11.6 Å². The molecule has 0 atom stereocenters. The molecule has 1 heterocycles. The third-order valence-electron chi connectivity index (χ3n) is 2.39. The topological polar surface area (TPSA) is 22.1 Å². The summed E-state index contributed by atoms with van der Waals surface area (Å²) < 4.78 is 31.7. The molecular formula is C13H10ClF2NO. The molecule has 0 saturated heterocycles. The Labute approximate surface area is 108 Å². The Morgan fingerprint density at radius 2 is 2.06 bits per heavy atom. The van der Waals surface area contributed by atoms with E-state index in [1.54, 1.807) is 19.1 Å². The van der Waals surface area contributed by atoms with Crippen molar-refractivity contribution in [2.45, 2.75) is 12.8 Å². The number of ether oxygens (including phenoxy) is 1. The van der Waals surface area contributed by atoms with Crippen LogP contribution in [-0.2, 0) is 5.88 Å². The van der Waals surface area contributed by atoms with Crippen molar-refractivity contribution >= 4 is 11.6 Å². The molecule has 0 N–H and O–H groups in total. The molecule has 0 aliphatic carbocycles. The highest BCUT2D eigenvalue weighted by Crippen LogP contribution is 2.26. The van der Waals surface area contributed by atoms with Gasteiger partial charge in [0.2, 0.25) is 5.88 Å². The Kier molecular flexibility index (Phi) is 3.77. The van der Waals surface area contributed by atoms with E-state index in [4.69, 9.17) is 16.3 Å². The SMILES string of the molecule is Cc1ccc(Oc2ncc(F)cc2CCl)cc1F. The minimum absolute atomic E-state index is 0.0639. The molecule has 0 radical (unpaired) electrons. The van der Waals surface area contributed by atoms with E-state index in [1.165, 1.54) is 12.1 Å². The fourth-order valence-corrected chi connectivity index (χ4v) is 1.60. The molecule has 1 aromatic heterocycles. The summed E-state index contributed by atoms with van der Waals surface area (Å²) in [6.45, 7) is 1.65. The normalized spacial score (nSPS) is 10.4. The first-order valence-corrected chi connectivity index (χ1v) is 5.78. The summed E-state index contributed by atoms with van der Waals surface area (Å²) in [5, 5.41) is 0. The van der Waals surface area contributed by atoms with Crippen LogP contribution in [0.15, 0.2) is 30.5 Å². The van der Waals surface area contributed by atoms with Gasteiger partial charge >= 0.3 is 0 Å². The molecule has 0 spiro atoms. The van der Waals surface area contributed by atoms with Crippen LogP contribution in [0.1, 0.15) is 11.1 Å². The molecule has 18 heavy (non-hydrogen) atoms. The van der Waals surface area contributed by atoms with Gasteiger partial charge in [0.05, 0.1) is 12.1 Å². The maximum atomic E-state index is 13.3. The van der Waals surface area contributed by atoms with Crippen LogP contribution in [0.2, 0.25) is 0 Å². The Morgan fingerprint density at radius 1 is 1.28 bits per heavy atom. The quantitative estimate of drug-likeness (QED) is 0.779. The predicted molar refractivity (Wildman–Crippen MR) is 65.0 cm³/mol. The van der Waals surface area contributed by atoms with E-state index >= 15 is 0 Å². The minimum Gasteiger partial charge on any atom is -0.439 e. The average Bonchev–Trinajstić information content (AvgIpc) is 2.36. The van der Waals surface area contributed by atoms with Gasteiger partial charge < -0.3 is 4.74 Å². The molecule has 0 unspecified atom stereocenters. The third-order valence-corrected chi connectivity index (χ3v) is 2.68. The van der Waals surface area contributed by atoms with E-state index in [-0.39, 0.29) is 17.6 Å². The number of pyridine rings is 1. The second-order valence-corrected chi connectivity index (χ2v) is 4.03. The lowest BCUT2D eigenvalue weighted by Crippen LogP contribution is -1.95. The van der Waals surface area contributed by atoms with Crippen molar-refractivity contribution in [3.05, 3.63) is 53.2 Å². The molecule has 0 saturated carbocycles. The summed E-state index contributed by atoms with van der Waals surface area (Å²) in [7, 11) is 0. The first kappa shape index (κ1) is 12.8. The van der Waals surface area contributed by atoms with Crippen molar-refractivity contribution in [3.8, 4) is 11.6 Å². The van der Waals surface area contributed by atoms with Gasteiger partial charge in [0.25, 0.3) is 0 Å². The van der Waals surface area contributed by atoms with Gasteiger partial charge in [-0.25, -0.2) is 13.8 Å². The van der Waals surface area contributed by atoms with Crippen LogP contribution in [0.3, 0.4) is 0 Å². The number of aromatic nitrogens is 1. The van der Waals surface area contributed by atoms with Crippen LogP contribution in [0.4, 0.5) is 8.78 Å². The fourth-order valence-electron chi connectivity index (χ4n) is 1.40. The summed E-state index contributed by atoms with van der Waals surface area (Å²) >= 11 is 5.67. The number of aryl methyl sites for hydroxylation is 1. The Hall–Kier alpha value is -1.68. The summed E-state index contributed by atoms with van der Waals surface area (Å²) in [4.78, 5) is 3.79. The monoisotopic (exact) mass is 269 g/mol. The zero-order valence-electron chi connectivity index (χ0n) is 9.58. The molecule has 2 nitrogen and oxygen atoms in total. The van der Waals surface area contributed by atoms with E-state index < -0.39 is 5.82 Å². The van der Waals surface area contributed by atoms with Crippen molar-refractivity contribution in [2.75, 3.05) is 0 Å². The van der Waals surface area contributed by atoms with Gasteiger partial charge in [0.15, 0.2) is 0 Å².